The summed E-state index contributed by atoms with van der Waals surface area (Å²) in [6, 6.07) is 6.42. The van der Waals surface area contributed by atoms with Crippen LogP contribution in [0.1, 0.15) is 44.7 Å². The molecule has 0 unspecified atom stereocenters. The zero-order chi connectivity index (χ0) is 18.6. The van der Waals surface area contributed by atoms with Gasteiger partial charge < -0.3 is 20.7 Å². The highest BCUT2D eigenvalue weighted by molar-refractivity contribution is 14.0. The summed E-state index contributed by atoms with van der Waals surface area (Å²) in [4.78, 5) is 18.4. The highest BCUT2D eigenvalue weighted by Crippen LogP contribution is 2.28. The lowest BCUT2D eigenvalue weighted by molar-refractivity contribution is 0.0240. The van der Waals surface area contributed by atoms with Crippen LogP contribution in [0.3, 0.4) is 0 Å². The number of anilines is 1. The maximum atomic E-state index is 12.3. The van der Waals surface area contributed by atoms with E-state index in [0.717, 1.165) is 18.5 Å². The van der Waals surface area contributed by atoms with Crippen LogP contribution in [-0.2, 0) is 4.74 Å². The van der Waals surface area contributed by atoms with Crippen molar-refractivity contribution in [3.8, 4) is 0 Å². The Morgan fingerprint density at radius 1 is 1.27 bits per heavy atom. The number of carbonyl (C=O) groups excluding carboxylic acids is 1. The molecule has 0 heterocycles. The molecule has 0 aromatic heterocycles. The number of rotatable bonds is 5. The van der Waals surface area contributed by atoms with E-state index >= 15 is 0 Å². The first-order valence-corrected chi connectivity index (χ1v) is 8.79. The number of benzene rings is 1. The molecule has 7 heteroatoms. The van der Waals surface area contributed by atoms with Crippen molar-refractivity contribution in [3.05, 3.63) is 29.3 Å². The van der Waals surface area contributed by atoms with Crippen molar-refractivity contribution in [1.82, 2.24) is 4.90 Å². The van der Waals surface area contributed by atoms with Crippen molar-refractivity contribution in [2.24, 2.45) is 10.7 Å². The monoisotopic (exact) mass is 474 g/mol. The molecule has 0 saturated heterocycles. The highest BCUT2D eigenvalue weighted by Gasteiger charge is 2.34. The van der Waals surface area contributed by atoms with Gasteiger partial charge in [-0.25, -0.2) is 4.79 Å². The molecule has 1 saturated carbocycles. The Labute approximate surface area is 173 Å². The summed E-state index contributed by atoms with van der Waals surface area (Å²) in [5.74, 6) is 0.352. The van der Waals surface area contributed by atoms with E-state index in [-0.39, 0.29) is 36.1 Å². The lowest BCUT2D eigenvalue weighted by Gasteiger charge is -2.27. The summed E-state index contributed by atoms with van der Waals surface area (Å²) in [6.45, 7) is 10.7. The van der Waals surface area contributed by atoms with E-state index in [1.165, 1.54) is 11.1 Å². The summed E-state index contributed by atoms with van der Waals surface area (Å²) >= 11 is 0. The maximum absolute atomic E-state index is 12.3. The normalized spacial score (nSPS) is 14.4. The summed E-state index contributed by atoms with van der Waals surface area (Å²) in [7, 11) is 0. The molecular formula is C19H31IN4O2. The van der Waals surface area contributed by atoms with E-state index in [2.05, 4.69) is 16.4 Å². The molecule has 0 radical (unpaired) electrons. The summed E-state index contributed by atoms with van der Waals surface area (Å²) in [5.41, 5.74) is 8.73. The number of halogens is 1. The van der Waals surface area contributed by atoms with E-state index in [9.17, 15) is 4.79 Å². The van der Waals surface area contributed by atoms with Gasteiger partial charge in [0.25, 0.3) is 0 Å². The second-order valence-electron chi connectivity index (χ2n) is 7.67. The van der Waals surface area contributed by atoms with Crippen LogP contribution < -0.4 is 11.1 Å². The molecule has 1 fully saturated rings. The Morgan fingerprint density at radius 3 is 2.35 bits per heavy atom. The number of ether oxygens (including phenoxy) is 1. The van der Waals surface area contributed by atoms with Gasteiger partial charge in [0.15, 0.2) is 5.96 Å². The van der Waals surface area contributed by atoms with E-state index < -0.39 is 5.60 Å². The summed E-state index contributed by atoms with van der Waals surface area (Å²) in [5, 5.41) is 3.10. The van der Waals surface area contributed by atoms with Crippen LogP contribution in [0.5, 0.6) is 0 Å². The van der Waals surface area contributed by atoms with Crippen molar-refractivity contribution in [2.75, 3.05) is 18.4 Å². The standard InChI is InChI=1S/C19H30N4O2.HI/c1-13-10-14(2)12-15(11-13)22-17(20)21-8-9-23(16-6-7-16)18(24)25-19(3,4)5;/h10-12,16H,6-9H2,1-5H3,(H3,20,21,22);1H. The smallest absolute Gasteiger partial charge is 0.410 e. The van der Waals surface area contributed by atoms with Crippen molar-refractivity contribution in [2.45, 2.75) is 59.1 Å². The van der Waals surface area contributed by atoms with E-state index in [0.29, 0.717) is 19.0 Å². The largest absolute Gasteiger partial charge is 0.444 e. The summed E-state index contributed by atoms with van der Waals surface area (Å²) < 4.78 is 5.47. The molecule has 1 aromatic carbocycles. The second-order valence-corrected chi connectivity index (χ2v) is 7.67. The highest BCUT2D eigenvalue weighted by atomic mass is 127. The molecule has 0 atom stereocenters. The minimum absolute atomic E-state index is 0. The number of amides is 1. The molecule has 0 bridgehead atoms. The lowest BCUT2D eigenvalue weighted by Crippen LogP contribution is -2.40. The first-order chi connectivity index (χ1) is 11.6. The van der Waals surface area contributed by atoms with Gasteiger partial charge in [0.2, 0.25) is 0 Å². The van der Waals surface area contributed by atoms with Crippen molar-refractivity contribution in [3.63, 3.8) is 0 Å². The lowest BCUT2D eigenvalue weighted by atomic mass is 10.1. The fraction of sp³-hybridized carbons (Fsp3) is 0.579. The van der Waals surface area contributed by atoms with Crippen LogP contribution in [0.2, 0.25) is 0 Å². The third-order valence-electron chi connectivity index (χ3n) is 3.73. The van der Waals surface area contributed by atoms with Crippen LogP contribution in [0, 0.1) is 13.8 Å². The maximum Gasteiger partial charge on any atom is 0.410 e. The Balaban J connectivity index is 0.00000338. The fourth-order valence-corrected chi connectivity index (χ4v) is 2.64. The molecule has 26 heavy (non-hydrogen) atoms. The van der Waals surface area contributed by atoms with Gasteiger partial charge in [-0.2, -0.15) is 0 Å². The minimum Gasteiger partial charge on any atom is -0.444 e. The van der Waals surface area contributed by atoms with Gasteiger partial charge in [-0.15, -0.1) is 24.0 Å². The molecule has 2 rings (SSSR count). The molecule has 1 aliphatic rings. The minimum atomic E-state index is -0.489. The molecule has 1 aliphatic carbocycles. The van der Waals surface area contributed by atoms with Gasteiger partial charge in [-0.3, -0.25) is 4.99 Å². The van der Waals surface area contributed by atoms with Gasteiger partial charge >= 0.3 is 6.09 Å². The SMILES string of the molecule is Cc1cc(C)cc(NC(N)=NCCN(C(=O)OC(C)(C)C)C2CC2)c1.I. The molecule has 1 aromatic rings. The van der Waals surface area contributed by atoms with E-state index in [4.69, 9.17) is 10.5 Å². The van der Waals surface area contributed by atoms with Crippen LogP contribution in [-0.4, -0.2) is 41.7 Å². The second kappa shape index (κ2) is 9.43. The predicted octanol–water partition coefficient (Wildman–Crippen LogP) is 4.05. The molecule has 0 aliphatic heterocycles. The average molecular weight is 474 g/mol. The van der Waals surface area contributed by atoms with Gasteiger partial charge in [-0.1, -0.05) is 6.07 Å². The first-order valence-electron chi connectivity index (χ1n) is 8.79. The third kappa shape index (κ3) is 7.80. The van der Waals surface area contributed by atoms with Crippen LogP contribution in [0.4, 0.5) is 10.5 Å². The molecular weight excluding hydrogens is 443 g/mol. The Morgan fingerprint density at radius 2 is 1.85 bits per heavy atom. The Kier molecular flexibility index (Phi) is 8.17. The quantitative estimate of drug-likeness (QED) is 0.384. The number of carbonyl (C=O) groups is 1. The predicted molar refractivity (Wildman–Crippen MR) is 117 cm³/mol. The Hall–Kier alpha value is -1.51. The van der Waals surface area contributed by atoms with Crippen molar-refractivity contribution in [1.29, 1.82) is 0 Å². The molecule has 3 N–H and O–H groups in total. The van der Waals surface area contributed by atoms with E-state index in [1.807, 2.05) is 46.8 Å². The molecule has 146 valence electrons. The zero-order valence-corrected chi connectivity index (χ0v) is 18.7. The van der Waals surface area contributed by atoms with Gasteiger partial charge in [0, 0.05) is 18.3 Å². The third-order valence-corrected chi connectivity index (χ3v) is 3.73. The number of aryl methyl sites for hydroxylation is 2. The van der Waals surface area contributed by atoms with Crippen LogP contribution in [0.15, 0.2) is 23.2 Å². The number of aliphatic imine (C=N–C) groups is 1. The van der Waals surface area contributed by atoms with Gasteiger partial charge in [0.1, 0.15) is 5.60 Å². The van der Waals surface area contributed by atoms with Gasteiger partial charge in [-0.05, 0) is 70.7 Å². The Bertz CT molecular complexity index is 631. The number of hydrogen-bond donors (Lipinski definition) is 2. The topological polar surface area (TPSA) is 80.0 Å². The van der Waals surface area contributed by atoms with Crippen LogP contribution in [0.25, 0.3) is 0 Å². The first kappa shape index (κ1) is 22.5. The average Bonchev–Trinajstić information content (AvgIpc) is 3.24. The van der Waals surface area contributed by atoms with E-state index in [1.54, 1.807) is 4.90 Å². The molecule has 6 nitrogen and oxygen atoms in total. The number of hydrogen-bond acceptors (Lipinski definition) is 3. The number of guanidine groups is 1. The zero-order valence-electron chi connectivity index (χ0n) is 16.3. The molecule has 1 amide bonds. The number of nitrogens with one attached hydrogen (secondary N) is 1. The van der Waals surface area contributed by atoms with Crippen molar-refractivity contribution >= 4 is 41.7 Å². The number of nitrogens with two attached hydrogens (primary N) is 1. The summed E-state index contributed by atoms with van der Waals surface area (Å²) in [6.07, 6.45) is 1.78. The fourth-order valence-electron chi connectivity index (χ4n) is 2.64. The van der Waals surface area contributed by atoms with Crippen molar-refractivity contribution < 1.29 is 9.53 Å². The van der Waals surface area contributed by atoms with Crippen LogP contribution >= 0.6 is 24.0 Å². The molecule has 0 spiro atoms. The van der Waals surface area contributed by atoms with Gasteiger partial charge in [0.05, 0.1) is 6.54 Å². The number of nitrogens with zero attached hydrogens (tertiary/aromatic N) is 2.